The van der Waals surface area contributed by atoms with Crippen LogP contribution in [-0.2, 0) is 16.6 Å². The van der Waals surface area contributed by atoms with Gasteiger partial charge >= 0.3 is 0 Å². The lowest BCUT2D eigenvalue weighted by Crippen LogP contribution is -2.30. The van der Waals surface area contributed by atoms with Crippen LogP contribution in [0.5, 0.6) is 0 Å². The normalized spacial score (nSPS) is 11.4. The molecule has 0 unspecified atom stereocenters. The monoisotopic (exact) mass is 419 g/mol. The molecule has 140 valence electrons. The zero-order valence-corrected chi connectivity index (χ0v) is 17.3. The van der Waals surface area contributed by atoms with Gasteiger partial charge < -0.3 is 0 Å². The molecular formula is C21H19Cl2NO2S. The number of halogens is 2. The first kappa shape index (κ1) is 19.7. The van der Waals surface area contributed by atoms with Crippen molar-refractivity contribution in [3.05, 3.63) is 93.5 Å². The van der Waals surface area contributed by atoms with Gasteiger partial charge in [0, 0.05) is 0 Å². The highest BCUT2D eigenvalue weighted by atomic mass is 35.5. The predicted molar refractivity (Wildman–Crippen MR) is 112 cm³/mol. The molecular weight excluding hydrogens is 401 g/mol. The number of hydrogen-bond acceptors (Lipinski definition) is 2. The second-order valence-corrected chi connectivity index (χ2v) is 9.02. The van der Waals surface area contributed by atoms with Crippen LogP contribution >= 0.6 is 23.2 Å². The summed E-state index contributed by atoms with van der Waals surface area (Å²) in [5, 5.41) is 0.829. The Hall–Kier alpha value is -2.01. The van der Waals surface area contributed by atoms with Crippen molar-refractivity contribution in [3.63, 3.8) is 0 Å². The van der Waals surface area contributed by atoms with Crippen LogP contribution in [0.4, 0.5) is 5.69 Å². The molecule has 0 amide bonds. The van der Waals surface area contributed by atoms with Gasteiger partial charge in [0.05, 0.1) is 27.2 Å². The van der Waals surface area contributed by atoms with Crippen molar-refractivity contribution in [1.82, 2.24) is 0 Å². The van der Waals surface area contributed by atoms with Gasteiger partial charge in [-0.3, -0.25) is 4.31 Å². The van der Waals surface area contributed by atoms with Crippen LogP contribution in [0.3, 0.4) is 0 Å². The molecule has 0 aromatic heterocycles. The van der Waals surface area contributed by atoms with Crippen molar-refractivity contribution in [1.29, 1.82) is 0 Å². The maximum absolute atomic E-state index is 13.4. The van der Waals surface area contributed by atoms with Crippen molar-refractivity contribution in [2.75, 3.05) is 4.31 Å². The smallest absolute Gasteiger partial charge is 0.262 e. The van der Waals surface area contributed by atoms with Crippen LogP contribution in [0.15, 0.2) is 71.6 Å². The van der Waals surface area contributed by atoms with Crippen molar-refractivity contribution in [2.45, 2.75) is 25.3 Å². The van der Waals surface area contributed by atoms with Gasteiger partial charge in [0.25, 0.3) is 10.0 Å². The predicted octanol–water partition coefficient (Wildman–Crippen LogP) is 6.01. The molecule has 0 fully saturated rings. The summed E-state index contributed by atoms with van der Waals surface area (Å²) in [5.74, 6) is 0. The molecule has 0 aliphatic heterocycles. The Morgan fingerprint density at radius 3 is 2.15 bits per heavy atom. The molecule has 0 bridgehead atoms. The Balaban J connectivity index is 2.11. The summed E-state index contributed by atoms with van der Waals surface area (Å²) in [7, 11) is -3.75. The molecule has 0 N–H and O–H groups in total. The molecule has 0 aliphatic rings. The third kappa shape index (κ3) is 4.29. The van der Waals surface area contributed by atoms with Gasteiger partial charge in [0.2, 0.25) is 0 Å². The second-order valence-electron chi connectivity index (χ2n) is 6.34. The molecule has 27 heavy (non-hydrogen) atoms. The van der Waals surface area contributed by atoms with E-state index in [0.717, 1.165) is 16.7 Å². The first-order chi connectivity index (χ1) is 12.8. The first-order valence-electron chi connectivity index (χ1n) is 8.38. The van der Waals surface area contributed by atoms with Crippen LogP contribution < -0.4 is 4.31 Å². The molecule has 3 nitrogen and oxygen atoms in total. The van der Waals surface area contributed by atoms with Gasteiger partial charge in [-0.05, 0) is 66.9 Å². The zero-order chi connectivity index (χ0) is 19.6. The summed E-state index contributed by atoms with van der Waals surface area (Å²) in [6.07, 6.45) is 0. The quantitative estimate of drug-likeness (QED) is 0.507. The Bertz CT molecular complexity index is 1070. The van der Waals surface area contributed by atoms with E-state index in [2.05, 4.69) is 0 Å². The van der Waals surface area contributed by atoms with E-state index in [4.69, 9.17) is 23.2 Å². The van der Waals surface area contributed by atoms with E-state index in [1.807, 2.05) is 32.0 Å². The SMILES string of the molecule is Cc1ccc(N(Cc2ccc(Cl)c(Cl)c2)S(=O)(=O)c2ccccc2)cc1C. The maximum Gasteiger partial charge on any atom is 0.264 e. The number of hydrogen-bond donors (Lipinski definition) is 0. The standard InChI is InChI=1S/C21H19Cl2NO2S/c1-15-8-10-18(12-16(15)2)24(14-17-9-11-20(22)21(23)13-17)27(25,26)19-6-4-3-5-7-19/h3-13H,14H2,1-2H3. The lowest BCUT2D eigenvalue weighted by atomic mass is 10.1. The molecule has 3 aromatic carbocycles. The maximum atomic E-state index is 13.4. The fourth-order valence-corrected chi connectivity index (χ4v) is 4.51. The van der Waals surface area contributed by atoms with Gasteiger partial charge in [0.1, 0.15) is 0 Å². The number of benzene rings is 3. The summed E-state index contributed by atoms with van der Waals surface area (Å²) < 4.78 is 28.1. The summed E-state index contributed by atoms with van der Waals surface area (Å²) in [6.45, 7) is 4.11. The molecule has 3 rings (SSSR count). The van der Waals surface area contributed by atoms with Crippen LogP contribution in [-0.4, -0.2) is 8.42 Å². The van der Waals surface area contributed by atoms with Crippen molar-refractivity contribution in [2.24, 2.45) is 0 Å². The Morgan fingerprint density at radius 2 is 1.52 bits per heavy atom. The Morgan fingerprint density at radius 1 is 0.815 bits per heavy atom. The van der Waals surface area contributed by atoms with E-state index in [9.17, 15) is 8.42 Å². The van der Waals surface area contributed by atoms with Gasteiger partial charge in [0.15, 0.2) is 0 Å². The highest BCUT2D eigenvalue weighted by Gasteiger charge is 2.25. The lowest BCUT2D eigenvalue weighted by Gasteiger charge is -2.25. The fourth-order valence-electron chi connectivity index (χ4n) is 2.72. The molecule has 6 heteroatoms. The minimum atomic E-state index is -3.75. The van der Waals surface area contributed by atoms with Crippen LogP contribution in [0, 0.1) is 13.8 Å². The number of sulfonamides is 1. The third-order valence-electron chi connectivity index (χ3n) is 4.42. The van der Waals surface area contributed by atoms with E-state index in [0.29, 0.717) is 15.7 Å². The average Bonchev–Trinajstić information content (AvgIpc) is 2.65. The second kappa shape index (κ2) is 7.93. The lowest BCUT2D eigenvalue weighted by molar-refractivity contribution is 0.590. The molecule has 3 aromatic rings. The van der Waals surface area contributed by atoms with Crippen molar-refractivity contribution in [3.8, 4) is 0 Å². The summed E-state index contributed by atoms with van der Waals surface area (Å²) >= 11 is 12.1. The van der Waals surface area contributed by atoms with E-state index in [1.54, 1.807) is 48.5 Å². The number of anilines is 1. The summed E-state index contributed by atoms with van der Waals surface area (Å²) in [6, 6.07) is 19.2. The Kier molecular flexibility index (Phi) is 5.80. The highest BCUT2D eigenvalue weighted by Crippen LogP contribution is 2.29. The van der Waals surface area contributed by atoms with Gasteiger partial charge in [-0.1, -0.05) is 53.5 Å². The van der Waals surface area contributed by atoms with E-state index in [-0.39, 0.29) is 11.4 Å². The molecule has 0 radical (unpaired) electrons. The number of nitrogens with zero attached hydrogens (tertiary/aromatic N) is 1. The highest BCUT2D eigenvalue weighted by molar-refractivity contribution is 7.92. The third-order valence-corrected chi connectivity index (χ3v) is 6.95. The molecule has 0 saturated heterocycles. The van der Waals surface area contributed by atoms with Crippen LogP contribution in [0.25, 0.3) is 0 Å². The van der Waals surface area contributed by atoms with Crippen LogP contribution in [0.1, 0.15) is 16.7 Å². The average molecular weight is 420 g/mol. The first-order valence-corrected chi connectivity index (χ1v) is 10.6. The summed E-state index contributed by atoms with van der Waals surface area (Å²) in [4.78, 5) is 0.239. The molecule has 0 aliphatic carbocycles. The number of aryl methyl sites for hydroxylation is 2. The molecule has 0 spiro atoms. The van der Waals surface area contributed by atoms with Gasteiger partial charge in [-0.2, -0.15) is 0 Å². The topological polar surface area (TPSA) is 37.4 Å². The van der Waals surface area contributed by atoms with E-state index in [1.165, 1.54) is 4.31 Å². The van der Waals surface area contributed by atoms with Gasteiger partial charge in [-0.15, -0.1) is 0 Å². The van der Waals surface area contributed by atoms with Crippen molar-refractivity contribution < 1.29 is 8.42 Å². The number of rotatable bonds is 5. The zero-order valence-electron chi connectivity index (χ0n) is 15.0. The largest absolute Gasteiger partial charge is 0.264 e. The Labute approximate surface area is 170 Å². The van der Waals surface area contributed by atoms with Crippen LogP contribution in [0.2, 0.25) is 10.0 Å². The summed E-state index contributed by atoms with van der Waals surface area (Å²) in [5.41, 5.74) is 3.48. The van der Waals surface area contributed by atoms with Crippen molar-refractivity contribution >= 4 is 38.9 Å². The van der Waals surface area contributed by atoms with E-state index >= 15 is 0 Å². The fraction of sp³-hybridized carbons (Fsp3) is 0.143. The van der Waals surface area contributed by atoms with E-state index < -0.39 is 10.0 Å². The molecule has 0 heterocycles. The minimum absolute atomic E-state index is 0.149. The molecule has 0 saturated carbocycles. The van der Waals surface area contributed by atoms with Gasteiger partial charge in [-0.25, -0.2) is 8.42 Å². The minimum Gasteiger partial charge on any atom is -0.262 e. The molecule has 0 atom stereocenters.